The summed E-state index contributed by atoms with van der Waals surface area (Å²) in [5.74, 6) is 1.54. The molecule has 0 atom stereocenters. The summed E-state index contributed by atoms with van der Waals surface area (Å²) in [5.41, 5.74) is 4.61. The number of nitrogens with zero attached hydrogens (tertiary/aromatic N) is 5. The number of hydrogen-bond acceptors (Lipinski definition) is 4. The lowest BCUT2D eigenvalue weighted by molar-refractivity contribution is 0.415. The van der Waals surface area contributed by atoms with Gasteiger partial charge in [-0.15, -0.1) is 0 Å². The highest BCUT2D eigenvalue weighted by Crippen LogP contribution is 2.31. The second-order valence-corrected chi connectivity index (χ2v) is 6.24. The lowest BCUT2D eigenvalue weighted by Gasteiger charge is -2.10. The number of hydrogen-bond donors (Lipinski definition) is 1. The van der Waals surface area contributed by atoms with Crippen LogP contribution in [-0.2, 0) is 0 Å². The number of ether oxygens (including phenoxy) is 1. The van der Waals surface area contributed by atoms with E-state index in [1.54, 1.807) is 13.3 Å². The number of imidazole rings is 1. The van der Waals surface area contributed by atoms with Crippen LogP contribution in [-0.4, -0.2) is 36.6 Å². The maximum absolute atomic E-state index is 5.40. The normalized spacial score (nSPS) is 11.6. The molecule has 0 saturated carbocycles. The molecule has 1 N–H and O–H groups in total. The zero-order valence-electron chi connectivity index (χ0n) is 14.7. The van der Waals surface area contributed by atoms with Crippen LogP contribution in [0, 0.1) is 6.92 Å². The van der Waals surface area contributed by atoms with Gasteiger partial charge in [-0.2, -0.15) is 10.2 Å². The molecule has 0 radical (unpaired) electrons. The molecule has 7 heteroatoms. The molecule has 7 nitrogen and oxygen atoms in total. The maximum atomic E-state index is 5.40. The van der Waals surface area contributed by atoms with Crippen molar-refractivity contribution in [2.24, 2.45) is 0 Å². The third kappa shape index (κ3) is 2.48. The summed E-state index contributed by atoms with van der Waals surface area (Å²) in [6.07, 6.45) is 3.67. The molecule has 3 heterocycles. The number of nitrogens with one attached hydrogen (secondary N) is 1. The first kappa shape index (κ1) is 15.4. The minimum absolute atomic E-state index is 0.239. The van der Waals surface area contributed by atoms with Gasteiger partial charge in [0.15, 0.2) is 5.65 Å². The predicted molar refractivity (Wildman–Crippen MR) is 96.1 cm³/mol. The molecule has 0 amide bonds. The van der Waals surface area contributed by atoms with Crippen LogP contribution in [0.3, 0.4) is 0 Å². The standard InChI is InChI=1S/C18H20N6O/c1-11(2)24-18-16(12(3)22-24)20-17(21-18)14-10-13(25-4)6-7-15(14)23-9-5-8-19-23/h5-11H,1-4H3,(H,20,21). The van der Waals surface area contributed by atoms with Gasteiger partial charge < -0.3 is 9.72 Å². The second kappa shape index (κ2) is 5.77. The Morgan fingerprint density at radius 3 is 2.76 bits per heavy atom. The summed E-state index contributed by atoms with van der Waals surface area (Å²) >= 11 is 0. The van der Waals surface area contributed by atoms with Crippen molar-refractivity contribution in [2.75, 3.05) is 7.11 Å². The fraction of sp³-hybridized carbons (Fsp3) is 0.278. The fourth-order valence-electron chi connectivity index (χ4n) is 2.97. The minimum Gasteiger partial charge on any atom is -0.497 e. The fourth-order valence-corrected chi connectivity index (χ4v) is 2.97. The van der Waals surface area contributed by atoms with E-state index in [0.717, 1.165) is 39.7 Å². The van der Waals surface area contributed by atoms with Gasteiger partial charge in [0.25, 0.3) is 0 Å². The van der Waals surface area contributed by atoms with Crippen molar-refractivity contribution in [1.29, 1.82) is 0 Å². The van der Waals surface area contributed by atoms with Crippen LogP contribution in [0.5, 0.6) is 5.75 Å². The predicted octanol–water partition coefficient (Wildman–Crippen LogP) is 3.51. The van der Waals surface area contributed by atoms with E-state index in [2.05, 4.69) is 29.0 Å². The molecule has 0 bridgehead atoms. The molecular formula is C18H20N6O. The van der Waals surface area contributed by atoms with E-state index in [-0.39, 0.29) is 6.04 Å². The molecule has 3 aromatic heterocycles. The lowest BCUT2D eigenvalue weighted by atomic mass is 10.1. The highest BCUT2D eigenvalue weighted by molar-refractivity contribution is 5.81. The molecule has 0 spiro atoms. The van der Waals surface area contributed by atoms with Crippen molar-refractivity contribution in [1.82, 2.24) is 29.5 Å². The second-order valence-electron chi connectivity index (χ2n) is 6.24. The Hall–Kier alpha value is -3.09. The topological polar surface area (TPSA) is 73.6 Å². The summed E-state index contributed by atoms with van der Waals surface area (Å²) in [5, 5.41) is 8.92. The number of H-pyrrole nitrogens is 1. The quantitative estimate of drug-likeness (QED) is 0.619. The van der Waals surface area contributed by atoms with Gasteiger partial charge in [0, 0.05) is 24.0 Å². The van der Waals surface area contributed by atoms with Crippen molar-refractivity contribution in [3.05, 3.63) is 42.4 Å². The van der Waals surface area contributed by atoms with Gasteiger partial charge in [-0.05, 0) is 45.0 Å². The van der Waals surface area contributed by atoms with E-state index in [1.807, 2.05) is 46.7 Å². The van der Waals surface area contributed by atoms with Gasteiger partial charge in [0.2, 0.25) is 0 Å². The van der Waals surface area contributed by atoms with E-state index in [1.165, 1.54) is 0 Å². The zero-order chi connectivity index (χ0) is 17.6. The Labute approximate surface area is 145 Å². The SMILES string of the molecule is COc1ccc(-n2cccn2)c(-c2nc3c([nH]2)c(C)nn3C(C)C)c1. The van der Waals surface area contributed by atoms with Gasteiger partial charge in [0.1, 0.15) is 17.1 Å². The highest BCUT2D eigenvalue weighted by atomic mass is 16.5. The molecule has 4 rings (SSSR count). The first-order chi connectivity index (χ1) is 12.1. The Balaban J connectivity index is 1.95. The molecule has 0 aliphatic rings. The van der Waals surface area contributed by atoms with Gasteiger partial charge in [-0.25, -0.2) is 14.3 Å². The van der Waals surface area contributed by atoms with Crippen molar-refractivity contribution < 1.29 is 4.74 Å². The molecular weight excluding hydrogens is 316 g/mol. The number of fused-ring (bicyclic) bond motifs is 1. The van der Waals surface area contributed by atoms with Crippen LogP contribution in [0.25, 0.3) is 28.2 Å². The van der Waals surface area contributed by atoms with Crippen LogP contribution >= 0.6 is 0 Å². The Bertz CT molecular complexity index is 1030. The molecule has 0 unspecified atom stereocenters. The third-order valence-electron chi connectivity index (χ3n) is 4.22. The molecule has 0 aliphatic carbocycles. The van der Waals surface area contributed by atoms with Crippen LogP contribution < -0.4 is 4.74 Å². The summed E-state index contributed by atoms with van der Waals surface area (Å²) in [4.78, 5) is 8.24. The Kier molecular flexibility index (Phi) is 3.56. The summed E-state index contributed by atoms with van der Waals surface area (Å²) in [7, 11) is 1.66. The molecule has 0 saturated heterocycles. The van der Waals surface area contributed by atoms with E-state index < -0.39 is 0 Å². The van der Waals surface area contributed by atoms with E-state index >= 15 is 0 Å². The Morgan fingerprint density at radius 1 is 1.24 bits per heavy atom. The van der Waals surface area contributed by atoms with Gasteiger partial charge in [-0.3, -0.25) is 0 Å². The molecule has 0 fully saturated rings. The number of aromatic amines is 1. The average molecular weight is 336 g/mol. The largest absolute Gasteiger partial charge is 0.497 e. The molecule has 1 aromatic carbocycles. The van der Waals surface area contributed by atoms with Crippen molar-refractivity contribution in [3.8, 4) is 22.8 Å². The third-order valence-corrected chi connectivity index (χ3v) is 4.22. The molecule has 0 aliphatic heterocycles. The molecule has 25 heavy (non-hydrogen) atoms. The minimum atomic E-state index is 0.239. The lowest BCUT2D eigenvalue weighted by Crippen LogP contribution is -2.03. The van der Waals surface area contributed by atoms with Crippen LogP contribution in [0.15, 0.2) is 36.7 Å². The van der Waals surface area contributed by atoms with E-state index in [9.17, 15) is 0 Å². The average Bonchev–Trinajstić information content (AvgIpc) is 3.32. The maximum Gasteiger partial charge on any atom is 0.177 e. The summed E-state index contributed by atoms with van der Waals surface area (Å²) in [6.45, 7) is 6.19. The number of aromatic nitrogens is 6. The van der Waals surface area contributed by atoms with Crippen LogP contribution in [0.4, 0.5) is 0 Å². The smallest absolute Gasteiger partial charge is 0.177 e. The molecule has 4 aromatic rings. The number of aryl methyl sites for hydroxylation is 1. The zero-order valence-corrected chi connectivity index (χ0v) is 14.7. The monoisotopic (exact) mass is 336 g/mol. The highest BCUT2D eigenvalue weighted by Gasteiger charge is 2.18. The summed E-state index contributed by atoms with van der Waals surface area (Å²) in [6, 6.07) is 8.01. The van der Waals surface area contributed by atoms with Crippen LogP contribution in [0.1, 0.15) is 25.6 Å². The molecule has 128 valence electrons. The first-order valence-corrected chi connectivity index (χ1v) is 8.21. The number of methoxy groups -OCH3 is 1. The van der Waals surface area contributed by atoms with Crippen molar-refractivity contribution in [3.63, 3.8) is 0 Å². The van der Waals surface area contributed by atoms with E-state index in [4.69, 9.17) is 9.72 Å². The van der Waals surface area contributed by atoms with Gasteiger partial charge in [-0.1, -0.05) is 0 Å². The Morgan fingerprint density at radius 2 is 2.08 bits per heavy atom. The van der Waals surface area contributed by atoms with Crippen LogP contribution in [0.2, 0.25) is 0 Å². The summed E-state index contributed by atoms with van der Waals surface area (Å²) < 4.78 is 9.17. The van der Waals surface area contributed by atoms with Crippen molar-refractivity contribution >= 4 is 11.2 Å². The van der Waals surface area contributed by atoms with Crippen molar-refractivity contribution in [2.45, 2.75) is 26.8 Å². The number of benzene rings is 1. The van der Waals surface area contributed by atoms with Gasteiger partial charge >= 0.3 is 0 Å². The van der Waals surface area contributed by atoms with E-state index in [0.29, 0.717) is 0 Å². The number of rotatable bonds is 4. The van der Waals surface area contributed by atoms with Gasteiger partial charge in [0.05, 0.1) is 18.5 Å². The first-order valence-electron chi connectivity index (χ1n) is 8.21.